The van der Waals surface area contributed by atoms with Gasteiger partial charge >= 0.3 is 0 Å². The van der Waals surface area contributed by atoms with Crippen LogP contribution in [0.2, 0.25) is 0 Å². The standard InChI is InChI=1S/C75H44N6OS/c1-5-17-45(18-6-1)73-76-74(46-19-7-2-8-20-46)78-75(77-73)81-65-36-30-48(40-58(65)60-44-66-59(43-67(60)81)53-25-13-15-27-63(53)79(66)51-21-9-3-10-22-51)50-32-38-70-62(42-50)61-41-49(31-37-69(61)83-70)47-29-35-64-57(39-47)55-33-34-56-54-26-14-16-28-68(54)82-72(56)71(55)80(64)52-23-11-4-12-24-52/h1-44H. The third-order valence-electron chi connectivity index (χ3n) is 16.9. The maximum absolute atomic E-state index is 6.71. The van der Waals surface area contributed by atoms with E-state index in [0.29, 0.717) is 17.6 Å². The summed E-state index contributed by atoms with van der Waals surface area (Å²) in [6.45, 7) is 0. The highest BCUT2D eigenvalue weighted by Gasteiger charge is 2.24. The summed E-state index contributed by atoms with van der Waals surface area (Å²) in [5.74, 6) is 1.79. The van der Waals surface area contributed by atoms with E-state index in [4.69, 9.17) is 19.4 Å². The van der Waals surface area contributed by atoms with Crippen molar-refractivity contribution in [3.8, 4) is 62.4 Å². The molecule has 0 aliphatic carbocycles. The number of para-hydroxylation sites is 4. The minimum Gasteiger partial charge on any atom is -0.454 e. The second-order valence-electron chi connectivity index (χ2n) is 21.5. The average molecular weight is 1080 g/mol. The molecule has 8 heteroatoms. The average Bonchev–Trinajstić information content (AvgIpc) is 3.36. The van der Waals surface area contributed by atoms with E-state index in [1.54, 1.807) is 0 Å². The normalized spacial score (nSPS) is 12.1. The Balaban J connectivity index is 0.822. The van der Waals surface area contributed by atoms with Gasteiger partial charge in [-0.15, -0.1) is 11.3 Å². The van der Waals surface area contributed by atoms with E-state index >= 15 is 0 Å². The summed E-state index contributed by atoms with van der Waals surface area (Å²) in [6.07, 6.45) is 0. The number of fused-ring (bicyclic) bond motifs is 16. The van der Waals surface area contributed by atoms with E-state index in [1.165, 1.54) is 42.1 Å². The van der Waals surface area contributed by atoms with E-state index in [9.17, 15) is 0 Å². The molecule has 0 radical (unpaired) electrons. The molecule has 0 saturated carbocycles. The fraction of sp³-hybridized carbons (Fsp3) is 0. The second-order valence-corrected chi connectivity index (χ2v) is 22.6. The van der Waals surface area contributed by atoms with E-state index in [2.05, 4.69) is 238 Å². The molecule has 83 heavy (non-hydrogen) atoms. The molecule has 0 aliphatic heterocycles. The maximum Gasteiger partial charge on any atom is 0.238 e. The zero-order valence-corrected chi connectivity index (χ0v) is 45.2. The molecule has 0 aliphatic rings. The van der Waals surface area contributed by atoms with Crippen LogP contribution < -0.4 is 0 Å². The molecule has 0 spiro atoms. The third-order valence-corrected chi connectivity index (χ3v) is 18.0. The summed E-state index contributed by atoms with van der Waals surface area (Å²) in [5.41, 5.74) is 17.0. The van der Waals surface area contributed by atoms with Crippen LogP contribution in [0, 0.1) is 0 Å². The molecular weight excluding hydrogens is 1030 g/mol. The largest absolute Gasteiger partial charge is 0.454 e. The van der Waals surface area contributed by atoms with Crippen molar-refractivity contribution in [1.82, 2.24) is 28.7 Å². The van der Waals surface area contributed by atoms with Gasteiger partial charge in [0.1, 0.15) is 5.58 Å². The lowest BCUT2D eigenvalue weighted by Gasteiger charge is -2.11. The van der Waals surface area contributed by atoms with Gasteiger partial charge in [0.2, 0.25) is 5.95 Å². The molecule has 0 unspecified atom stereocenters. The lowest BCUT2D eigenvalue weighted by atomic mass is 9.98. The molecule has 0 bridgehead atoms. The van der Waals surface area contributed by atoms with Crippen LogP contribution in [0.15, 0.2) is 271 Å². The predicted molar refractivity (Wildman–Crippen MR) is 345 cm³/mol. The van der Waals surface area contributed by atoms with Gasteiger partial charge < -0.3 is 13.6 Å². The first kappa shape index (κ1) is 45.9. The van der Waals surface area contributed by atoms with Gasteiger partial charge in [-0.05, 0) is 125 Å². The van der Waals surface area contributed by atoms with Crippen LogP contribution in [0.3, 0.4) is 0 Å². The van der Waals surface area contributed by atoms with Crippen LogP contribution in [-0.4, -0.2) is 28.7 Å². The minimum absolute atomic E-state index is 0.558. The number of furan rings is 1. The van der Waals surface area contributed by atoms with E-state index in [-0.39, 0.29) is 0 Å². The molecule has 6 aromatic heterocycles. The van der Waals surface area contributed by atoms with Gasteiger partial charge in [0.15, 0.2) is 17.2 Å². The van der Waals surface area contributed by atoms with Gasteiger partial charge in [-0.25, -0.2) is 4.98 Å². The topological polar surface area (TPSA) is 66.6 Å². The number of benzene rings is 12. The summed E-state index contributed by atoms with van der Waals surface area (Å²) in [7, 11) is 0. The SMILES string of the molecule is c1ccc(-c2nc(-c3ccccc3)nc(-n3c4ccc(-c5ccc6sc7ccc(-c8ccc9c(c8)c8ccc%10c%11ccccc%11oc%10c8n9-c8ccccc8)cc7c6c5)cc4c4cc5c(cc43)c3ccccc3n5-c3ccccc3)n2)cc1. The van der Waals surface area contributed by atoms with Crippen LogP contribution in [-0.2, 0) is 0 Å². The Morgan fingerprint density at radius 2 is 0.723 bits per heavy atom. The minimum atomic E-state index is 0.558. The number of rotatable bonds is 7. The van der Waals surface area contributed by atoms with Gasteiger partial charge in [0.25, 0.3) is 0 Å². The molecule has 0 fully saturated rings. The van der Waals surface area contributed by atoms with Crippen molar-refractivity contribution < 1.29 is 4.42 Å². The molecule has 6 heterocycles. The van der Waals surface area contributed by atoms with Crippen molar-refractivity contribution in [3.63, 3.8) is 0 Å². The number of hydrogen-bond acceptors (Lipinski definition) is 5. The van der Waals surface area contributed by atoms with Gasteiger partial charge in [-0.2, -0.15) is 9.97 Å². The molecule has 7 nitrogen and oxygen atoms in total. The number of nitrogens with zero attached hydrogens (tertiary/aromatic N) is 6. The summed E-state index contributed by atoms with van der Waals surface area (Å²) < 4.78 is 16.2. The molecule has 386 valence electrons. The predicted octanol–water partition coefficient (Wildman–Crippen LogP) is 20.1. The zero-order valence-electron chi connectivity index (χ0n) is 44.4. The first-order valence-electron chi connectivity index (χ1n) is 28.0. The molecular formula is C75H44N6OS. The third kappa shape index (κ3) is 7.00. The van der Waals surface area contributed by atoms with Gasteiger partial charge in [0.05, 0.1) is 33.1 Å². The van der Waals surface area contributed by atoms with Crippen LogP contribution in [0.1, 0.15) is 0 Å². The Morgan fingerprint density at radius 3 is 1.35 bits per heavy atom. The van der Waals surface area contributed by atoms with Crippen LogP contribution >= 0.6 is 11.3 Å². The van der Waals surface area contributed by atoms with Crippen molar-refractivity contribution in [2.75, 3.05) is 0 Å². The quantitative estimate of drug-likeness (QED) is 0.159. The zero-order chi connectivity index (χ0) is 54.3. The van der Waals surface area contributed by atoms with Crippen molar-refractivity contribution in [2.24, 2.45) is 0 Å². The smallest absolute Gasteiger partial charge is 0.238 e. The summed E-state index contributed by atoms with van der Waals surface area (Å²) in [5, 5.41) is 11.6. The van der Waals surface area contributed by atoms with Crippen molar-refractivity contribution >= 4 is 119 Å². The van der Waals surface area contributed by atoms with Gasteiger partial charge in [0, 0.05) is 85.8 Å². The van der Waals surface area contributed by atoms with Crippen molar-refractivity contribution in [2.45, 2.75) is 0 Å². The molecule has 0 atom stereocenters. The fourth-order valence-corrected chi connectivity index (χ4v) is 14.1. The lowest BCUT2D eigenvalue weighted by molar-refractivity contribution is 0.671. The summed E-state index contributed by atoms with van der Waals surface area (Å²) in [6, 6.07) is 95.8. The Morgan fingerprint density at radius 1 is 0.277 bits per heavy atom. The Hall–Kier alpha value is -10.9. The van der Waals surface area contributed by atoms with E-state index in [1.807, 2.05) is 53.8 Å². The second kappa shape index (κ2) is 17.8. The Labute approximate surface area is 478 Å². The lowest BCUT2D eigenvalue weighted by Crippen LogP contribution is -2.06. The number of aromatic nitrogens is 6. The highest BCUT2D eigenvalue weighted by molar-refractivity contribution is 7.25. The van der Waals surface area contributed by atoms with Crippen LogP contribution in [0.25, 0.3) is 170 Å². The van der Waals surface area contributed by atoms with Crippen LogP contribution in [0.5, 0.6) is 0 Å². The summed E-state index contributed by atoms with van der Waals surface area (Å²) in [4.78, 5) is 15.7. The molecule has 12 aromatic carbocycles. The molecule has 0 saturated heterocycles. The Kier molecular flexibility index (Phi) is 9.83. The highest BCUT2D eigenvalue weighted by Crippen LogP contribution is 2.45. The van der Waals surface area contributed by atoms with Gasteiger partial charge in [-0.1, -0.05) is 164 Å². The molecule has 18 rings (SSSR count). The maximum atomic E-state index is 6.71. The molecule has 18 aromatic rings. The number of thiophene rings is 1. The fourth-order valence-electron chi connectivity index (χ4n) is 13.1. The van der Waals surface area contributed by atoms with Crippen molar-refractivity contribution in [1.29, 1.82) is 0 Å². The number of hydrogen-bond donors (Lipinski definition) is 0. The van der Waals surface area contributed by atoms with Gasteiger partial charge in [-0.3, -0.25) is 4.57 Å². The Bertz CT molecular complexity index is 5620. The van der Waals surface area contributed by atoms with Crippen molar-refractivity contribution in [3.05, 3.63) is 267 Å². The van der Waals surface area contributed by atoms with E-state index < -0.39 is 0 Å². The molecule has 0 amide bonds. The summed E-state index contributed by atoms with van der Waals surface area (Å²) >= 11 is 1.85. The van der Waals surface area contributed by atoms with Crippen LogP contribution in [0.4, 0.5) is 0 Å². The monoisotopic (exact) mass is 1080 g/mol. The first-order valence-corrected chi connectivity index (χ1v) is 28.8. The van der Waals surface area contributed by atoms with E-state index in [0.717, 1.165) is 110 Å². The highest BCUT2D eigenvalue weighted by atomic mass is 32.1. The molecule has 0 N–H and O–H groups in total. The first-order chi connectivity index (χ1) is 41.1.